The van der Waals surface area contributed by atoms with Gasteiger partial charge < -0.3 is 21.7 Å². The van der Waals surface area contributed by atoms with Crippen LogP contribution in [0.5, 0.6) is 0 Å². The normalized spacial score (nSPS) is 12.0. The molecule has 2 rings (SSSR count). The third-order valence-electron chi connectivity index (χ3n) is 4.63. The molecule has 0 aliphatic heterocycles. The van der Waals surface area contributed by atoms with E-state index in [1.54, 1.807) is 0 Å². The van der Waals surface area contributed by atoms with Gasteiger partial charge in [-0.2, -0.15) is 0 Å². The van der Waals surface area contributed by atoms with Gasteiger partial charge in [0.25, 0.3) is 0 Å². The second-order valence-electron chi connectivity index (χ2n) is 7.28. The van der Waals surface area contributed by atoms with Crippen molar-refractivity contribution in [3.8, 4) is 0 Å². The predicted molar refractivity (Wildman–Crippen MR) is 103 cm³/mol. The Balaban J connectivity index is 0.00000338. The highest BCUT2D eigenvalue weighted by atomic mass is 79.9. The van der Waals surface area contributed by atoms with E-state index >= 15 is 0 Å². The van der Waals surface area contributed by atoms with Crippen LogP contribution in [0.15, 0.2) is 60.4 Å². The number of imidazole rings is 1. The molecule has 0 saturated heterocycles. The third kappa shape index (κ3) is 6.01. The fourth-order valence-corrected chi connectivity index (χ4v) is 3.56. The molecule has 0 N–H and O–H groups in total. The summed E-state index contributed by atoms with van der Waals surface area (Å²) in [4.78, 5) is 0. The molecule has 1 aromatic carbocycles. The molecule has 0 amide bonds. The Kier molecular flexibility index (Phi) is 9.14. The van der Waals surface area contributed by atoms with Crippen LogP contribution in [-0.4, -0.2) is 4.57 Å². The molecule has 0 saturated carbocycles. The quantitative estimate of drug-likeness (QED) is 0.472. The molecular formula is C22H33BrN2O. The lowest BCUT2D eigenvalue weighted by Crippen LogP contribution is -3.00. The second kappa shape index (κ2) is 10.6. The Bertz CT molecular complexity index is 679. The third-order valence-corrected chi connectivity index (χ3v) is 4.63. The first kappa shape index (κ1) is 22.5. The zero-order valence-corrected chi connectivity index (χ0v) is 18.5. The van der Waals surface area contributed by atoms with Crippen LogP contribution in [0.25, 0.3) is 0 Å². The van der Waals surface area contributed by atoms with E-state index < -0.39 is 0 Å². The lowest BCUT2D eigenvalue weighted by Gasteiger charge is -2.24. The highest BCUT2D eigenvalue weighted by Crippen LogP contribution is 2.28. The van der Waals surface area contributed by atoms with Crippen LogP contribution in [0.4, 0.5) is 0 Å². The van der Waals surface area contributed by atoms with Gasteiger partial charge in [0.2, 0.25) is 6.33 Å². The van der Waals surface area contributed by atoms with Gasteiger partial charge in [-0.05, 0) is 36.8 Å². The predicted octanol–water partition coefficient (Wildman–Crippen LogP) is 2.14. The Morgan fingerprint density at radius 2 is 1.69 bits per heavy atom. The first-order valence-corrected chi connectivity index (χ1v) is 9.39. The Morgan fingerprint density at radius 1 is 1.08 bits per heavy atom. The van der Waals surface area contributed by atoms with Gasteiger partial charge >= 0.3 is 0 Å². The van der Waals surface area contributed by atoms with Crippen LogP contribution in [0.3, 0.4) is 0 Å². The van der Waals surface area contributed by atoms with Crippen molar-refractivity contribution in [3.05, 3.63) is 65.9 Å². The van der Waals surface area contributed by atoms with Gasteiger partial charge in [-0.3, -0.25) is 0 Å². The number of nitrogens with zero attached hydrogens (tertiary/aromatic N) is 2. The molecule has 2 aromatic rings. The minimum atomic E-state index is 0. The van der Waals surface area contributed by atoms with Crippen molar-refractivity contribution < 1.29 is 26.3 Å². The standard InChI is InChI=1S/C22H33N2O.BrH/c1-7-23-13-14-24(16-23)15-21(20-11-9-8-10-12-20)25-19(6)22(17(2)3)18(4)5;/h8-14,16-18,21H,7,15H2,1-6H3;1H/q+1;/p-1. The Hall–Kier alpha value is -1.55. The van der Waals surface area contributed by atoms with E-state index in [-0.39, 0.29) is 23.1 Å². The van der Waals surface area contributed by atoms with Crippen LogP contribution < -0.4 is 21.5 Å². The smallest absolute Gasteiger partial charge is 0.243 e. The average molecular weight is 421 g/mol. The molecule has 26 heavy (non-hydrogen) atoms. The number of benzene rings is 1. The van der Waals surface area contributed by atoms with E-state index in [0.29, 0.717) is 11.8 Å². The van der Waals surface area contributed by atoms with Crippen molar-refractivity contribution in [2.24, 2.45) is 11.8 Å². The van der Waals surface area contributed by atoms with Gasteiger partial charge in [-0.1, -0.05) is 58.0 Å². The molecule has 0 fully saturated rings. The summed E-state index contributed by atoms with van der Waals surface area (Å²) in [6.45, 7) is 15.0. The molecule has 1 heterocycles. The van der Waals surface area contributed by atoms with Gasteiger partial charge in [0, 0.05) is 0 Å². The minimum absolute atomic E-state index is 0. The number of halogens is 1. The SMILES string of the molecule is CCn1cc[n+](CC(OC(C)=C(C(C)C)C(C)C)c2ccccc2)c1.[Br-]. The molecule has 0 aliphatic carbocycles. The Labute approximate surface area is 169 Å². The van der Waals surface area contributed by atoms with Crippen molar-refractivity contribution >= 4 is 0 Å². The zero-order valence-electron chi connectivity index (χ0n) is 16.9. The van der Waals surface area contributed by atoms with Crippen LogP contribution in [0.1, 0.15) is 53.2 Å². The van der Waals surface area contributed by atoms with Gasteiger partial charge in [0.15, 0.2) is 6.10 Å². The molecule has 3 nitrogen and oxygen atoms in total. The van der Waals surface area contributed by atoms with Crippen LogP contribution in [0, 0.1) is 11.8 Å². The summed E-state index contributed by atoms with van der Waals surface area (Å²) in [5.74, 6) is 2.05. The number of hydrogen-bond donors (Lipinski definition) is 0. The van der Waals surface area contributed by atoms with Crippen molar-refractivity contribution in [3.63, 3.8) is 0 Å². The minimum Gasteiger partial charge on any atom is -1.00 e. The largest absolute Gasteiger partial charge is 1.00 e. The van der Waals surface area contributed by atoms with Crippen molar-refractivity contribution in [1.82, 2.24) is 4.57 Å². The summed E-state index contributed by atoms with van der Waals surface area (Å²) in [7, 11) is 0. The van der Waals surface area contributed by atoms with E-state index in [0.717, 1.165) is 18.8 Å². The molecule has 1 atom stereocenters. The van der Waals surface area contributed by atoms with Crippen molar-refractivity contribution in [2.45, 2.75) is 60.7 Å². The van der Waals surface area contributed by atoms with Crippen LogP contribution in [-0.2, 0) is 17.8 Å². The van der Waals surface area contributed by atoms with E-state index in [1.807, 2.05) is 0 Å². The number of hydrogen-bond acceptors (Lipinski definition) is 1. The van der Waals surface area contributed by atoms with Gasteiger partial charge in [0.1, 0.15) is 18.9 Å². The molecule has 0 aliphatic rings. The van der Waals surface area contributed by atoms with Crippen LogP contribution in [0.2, 0.25) is 0 Å². The summed E-state index contributed by atoms with van der Waals surface area (Å²) in [5, 5.41) is 0. The number of aromatic nitrogens is 2. The molecule has 1 unspecified atom stereocenters. The van der Waals surface area contributed by atoms with E-state index in [2.05, 4.69) is 99.7 Å². The van der Waals surface area contributed by atoms with Gasteiger partial charge in [-0.25, -0.2) is 9.13 Å². The van der Waals surface area contributed by atoms with E-state index in [9.17, 15) is 0 Å². The fourth-order valence-electron chi connectivity index (χ4n) is 3.56. The Morgan fingerprint density at radius 3 is 2.19 bits per heavy atom. The molecule has 0 bridgehead atoms. The average Bonchev–Trinajstić information content (AvgIpc) is 3.02. The number of ether oxygens (including phenoxy) is 1. The molecule has 0 spiro atoms. The monoisotopic (exact) mass is 420 g/mol. The summed E-state index contributed by atoms with van der Waals surface area (Å²) >= 11 is 0. The molecular weight excluding hydrogens is 388 g/mol. The fraction of sp³-hybridized carbons (Fsp3) is 0.500. The molecule has 4 heteroatoms. The van der Waals surface area contributed by atoms with Crippen LogP contribution >= 0.6 is 0 Å². The lowest BCUT2D eigenvalue weighted by molar-refractivity contribution is -0.704. The second-order valence-corrected chi connectivity index (χ2v) is 7.28. The van der Waals surface area contributed by atoms with Crippen molar-refractivity contribution in [2.75, 3.05) is 0 Å². The number of allylic oxidation sites excluding steroid dienone is 2. The van der Waals surface area contributed by atoms with Gasteiger partial charge in [0.05, 0.1) is 12.3 Å². The number of rotatable bonds is 8. The maximum absolute atomic E-state index is 6.52. The highest BCUT2D eigenvalue weighted by Gasteiger charge is 2.20. The topological polar surface area (TPSA) is 18.0 Å². The number of aryl methyl sites for hydroxylation is 1. The molecule has 144 valence electrons. The first-order valence-electron chi connectivity index (χ1n) is 9.39. The molecule has 0 radical (unpaired) electrons. The molecule has 1 aromatic heterocycles. The van der Waals surface area contributed by atoms with Crippen molar-refractivity contribution in [1.29, 1.82) is 0 Å². The van der Waals surface area contributed by atoms with Gasteiger partial charge in [-0.15, -0.1) is 0 Å². The maximum Gasteiger partial charge on any atom is 0.243 e. The summed E-state index contributed by atoms with van der Waals surface area (Å²) in [5.41, 5.74) is 2.61. The highest BCUT2D eigenvalue weighted by molar-refractivity contribution is 5.19. The lowest BCUT2D eigenvalue weighted by atomic mass is 9.91. The maximum atomic E-state index is 6.52. The summed E-state index contributed by atoms with van der Waals surface area (Å²) in [6.07, 6.45) is 6.38. The summed E-state index contributed by atoms with van der Waals surface area (Å²) < 4.78 is 10.9. The van der Waals surface area contributed by atoms with E-state index in [4.69, 9.17) is 4.74 Å². The summed E-state index contributed by atoms with van der Waals surface area (Å²) in [6, 6.07) is 10.5. The van der Waals surface area contributed by atoms with E-state index in [1.165, 1.54) is 11.1 Å². The zero-order chi connectivity index (χ0) is 18.4. The first-order chi connectivity index (χ1) is 11.9.